The molecule has 0 fully saturated rings. The number of alkyl halides is 3. The molecule has 0 unspecified atom stereocenters. The number of hydrogen-bond acceptors (Lipinski definition) is 5. The number of rotatable bonds is 4. The molecule has 1 aliphatic heterocycles. The molecule has 2 heterocycles. The monoisotopic (exact) mass is 460 g/mol. The van der Waals surface area contributed by atoms with Crippen molar-refractivity contribution in [2.75, 3.05) is 22.9 Å². The number of aromatic nitrogens is 2. The minimum absolute atomic E-state index is 0.0490. The van der Waals surface area contributed by atoms with Gasteiger partial charge in [-0.15, -0.1) is 0 Å². The molecule has 1 aromatic heterocycles. The highest BCUT2D eigenvalue weighted by molar-refractivity contribution is 7.99. The summed E-state index contributed by atoms with van der Waals surface area (Å²) in [5.74, 6) is -0.305. The first-order chi connectivity index (χ1) is 15.2. The van der Waals surface area contributed by atoms with E-state index in [1.807, 2.05) is 24.3 Å². The molecule has 6 nitrogen and oxygen atoms in total. The summed E-state index contributed by atoms with van der Waals surface area (Å²) in [7, 11) is 0. The van der Waals surface area contributed by atoms with Crippen LogP contribution in [-0.2, 0) is 17.4 Å². The van der Waals surface area contributed by atoms with Crippen molar-refractivity contribution in [1.82, 2.24) is 9.55 Å². The lowest BCUT2D eigenvalue weighted by atomic mass is 10.0. The summed E-state index contributed by atoms with van der Waals surface area (Å²) < 4.78 is 40.8. The van der Waals surface area contributed by atoms with E-state index in [1.54, 1.807) is 4.90 Å². The van der Waals surface area contributed by atoms with Gasteiger partial charge in [0.1, 0.15) is 5.82 Å². The number of fused-ring (bicyclic) bond motifs is 1. The number of thioether (sulfide) groups is 1. The molecule has 10 heteroatoms. The highest BCUT2D eigenvalue weighted by Gasteiger charge is 2.31. The molecule has 4 rings (SSSR count). The topological polar surface area (TPSA) is 81.2 Å². The van der Waals surface area contributed by atoms with Gasteiger partial charge in [0.2, 0.25) is 5.91 Å². The van der Waals surface area contributed by atoms with Gasteiger partial charge in [-0.3, -0.25) is 14.2 Å². The molecule has 0 spiro atoms. The van der Waals surface area contributed by atoms with E-state index < -0.39 is 17.3 Å². The lowest BCUT2D eigenvalue weighted by Crippen LogP contribution is -2.36. The van der Waals surface area contributed by atoms with Gasteiger partial charge in [-0.2, -0.15) is 18.2 Å². The number of para-hydroxylation sites is 1. The molecule has 32 heavy (non-hydrogen) atoms. The maximum Gasteiger partial charge on any atom is 0.416 e. The van der Waals surface area contributed by atoms with Gasteiger partial charge < -0.3 is 10.6 Å². The summed E-state index contributed by atoms with van der Waals surface area (Å²) in [4.78, 5) is 30.5. The molecule has 1 aliphatic rings. The van der Waals surface area contributed by atoms with Gasteiger partial charge in [-0.05, 0) is 42.7 Å². The molecular weight excluding hydrogens is 441 g/mol. The smallest absolute Gasteiger partial charge is 0.385 e. The second-order valence-corrected chi connectivity index (χ2v) is 8.19. The number of nitrogens with two attached hydrogens (primary N) is 1. The van der Waals surface area contributed by atoms with Crippen molar-refractivity contribution in [2.45, 2.75) is 24.2 Å². The average molecular weight is 460 g/mol. The van der Waals surface area contributed by atoms with Gasteiger partial charge in [-0.1, -0.05) is 36.0 Å². The standard InChI is InChI=1S/C22H19F3N4O2S/c23-22(24,25)15-7-3-8-16(11-15)29-18(26)12-19(30)27-21(29)32-13-20(31)28-10-4-6-14-5-1-2-9-17(14)28/h1-3,5,7-9,11-12H,4,6,10,13,26H2. The number of carbonyl (C=O) groups excluding carboxylic acids is 1. The lowest BCUT2D eigenvalue weighted by molar-refractivity contribution is -0.137. The van der Waals surface area contributed by atoms with Crippen molar-refractivity contribution in [3.05, 3.63) is 76.1 Å². The minimum Gasteiger partial charge on any atom is -0.385 e. The third kappa shape index (κ3) is 4.50. The number of aryl methyl sites for hydroxylation is 1. The highest BCUT2D eigenvalue weighted by Crippen LogP contribution is 2.32. The maximum absolute atomic E-state index is 13.2. The molecule has 2 aromatic carbocycles. The molecule has 0 radical (unpaired) electrons. The van der Waals surface area contributed by atoms with Crippen LogP contribution in [0.2, 0.25) is 0 Å². The maximum atomic E-state index is 13.2. The highest BCUT2D eigenvalue weighted by atomic mass is 32.2. The van der Waals surface area contributed by atoms with Crippen LogP contribution in [0.1, 0.15) is 17.5 Å². The van der Waals surface area contributed by atoms with E-state index in [2.05, 4.69) is 4.98 Å². The van der Waals surface area contributed by atoms with Crippen LogP contribution in [-0.4, -0.2) is 27.8 Å². The Kier molecular flexibility index (Phi) is 5.96. The van der Waals surface area contributed by atoms with E-state index in [4.69, 9.17) is 5.73 Å². The third-order valence-electron chi connectivity index (χ3n) is 5.09. The second-order valence-electron chi connectivity index (χ2n) is 7.25. The lowest BCUT2D eigenvalue weighted by Gasteiger charge is -2.29. The van der Waals surface area contributed by atoms with Crippen molar-refractivity contribution < 1.29 is 18.0 Å². The molecule has 0 saturated carbocycles. The van der Waals surface area contributed by atoms with Crippen LogP contribution in [0.5, 0.6) is 0 Å². The molecule has 0 aliphatic carbocycles. The molecule has 0 atom stereocenters. The van der Waals surface area contributed by atoms with Crippen molar-refractivity contribution in [3.8, 4) is 5.69 Å². The Morgan fingerprint density at radius 3 is 2.69 bits per heavy atom. The first kappa shape index (κ1) is 21.9. The van der Waals surface area contributed by atoms with Gasteiger partial charge in [0.05, 0.1) is 17.0 Å². The van der Waals surface area contributed by atoms with Gasteiger partial charge >= 0.3 is 6.18 Å². The normalized spacial score (nSPS) is 13.7. The summed E-state index contributed by atoms with van der Waals surface area (Å²) in [6.45, 7) is 0.571. The fourth-order valence-corrected chi connectivity index (χ4v) is 4.56. The number of benzene rings is 2. The van der Waals surface area contributed by atoms with E-state index in [1.165, 1.54) is 16.7 Å². The Hall–Kier alpha value is -3.27. The van der Waals surface area contributed by atoms with Crippen molar-refractivity contribution >= 4 is 29.2 Å². The van der Waals surface area contributed by atoms with Crippen LogP contribution in [0.15, 0.2) is 64.5 Å². The zero-order valence-corrected chi connectivity index (χ0v) is 17.6. The molecular formula is C22H19F3N4O2S. The number of nitrogens with zero attached hydrogens (tertiary/aromatic N) is 3. The van der Waals surface area contributed by atoms with E-state index in [0.29, 0.717) is 6.54 Å². The largest absolute Gasteiger partial charge is 0.416 e. The predicted octanol–water partition coefficient (Wildman–Crippen LogP) is 3.91. The number of halogens is 3. The summed E-state index contributed by atoms with van der Waals surface area (Å²) in [6.07, 6.45) is -2.82. The number of carbonyl (C=O) groups is 1. The zero-order valence-electron chi connectivity index (χ0n) is 16.8. The van der Waals surface area contributed by atoms with Gasteiger partial charge in [0.25, 0.3) is 5.56 Å². The summed E-state index contributed by atoms with van der Waals surface area (Å²) in [6, 6.07) is 13.2. The SMILES string of the molecule is Nc1cc(=O)nc(SCC(=O)N2CCCc3ccccc32)n1-c1cccc(C(F)(F)F)c1. The van der Waals surface area contributed by atoms with E-state index >= 15 is 0 Å². The number of anilines is 2. The van der Waals surface area contributed by atoms with Crippen LogP contribution >= 0.6 is 11.8 Å². The fourth-order valence-electron chi connectivity index (χ4n) is 3.65. The Bertz CT molecular complexity index is 1230. The Morgan fingerprint density at radius 1 is 1.12 bits per heavy atom. The molecule has 166 valence electrons. The number of nitrogen functional groups attached to an aromatic ring is 1. The minimum atomic E-state index is -4.54. The van der Waals surface area contributed by atoms with Crippen molar-refractivity contribution in [1.29, 1.82) is 0 Å². The van der Waals surface area contributed by atoms with Crippen LogP contribution in [0, 0.1) is 0 Å². The predicted molar refractivity (Wildman–Crippen MR) is 117 cm³/mol. The number of hydrogen-bond donors (Lipinski definition) is 1. The Morgan fingerprint density at radius 2 is 1.91 bits per heavy atom. The first-order valence-electron chi connectivity index (χ1n) is 9.82. The first-order valence-corrected chi connectivity index (χ1v) is 10.8. The van der Waals surface area contributed by atoms with Gasteiger partial charge in [0.15, 0.2) is 5.16 Å². The van der Waals surface area contributed by atoms with Crippen molar-refractivity contribution in [3.63, 3.8) is 0 Å². The average Bonchev–Trinajstić information content (AvgIpc) is 2.76. The van der Waals surface area contributed by atoms with E-state index in [9.17, 15) is 22.8 Å². The molecule has 1 amide bonds. The summed E-state index contributed by atoms with van der Waals surface area (Å²) in [5, 5.41) is 0.0490. The van der Waals surface area contributed by atoms with Crippen LogP contribution in [0.4, 0.5) is 24.7 Å². The van der Waals surface area contributed by atoms with Crippen LogP contribution in [0.3, 0.4) is 0 Å². The van der Waals surface area contributed by atoms with Gasteiger partial charge in [0, 0.05) is 18.3 Å². The molecule has 2 N–H and O–H groups in total. The third-order valence-corrected chi connectivity index (χ3v) is 6.02. The van der Waals surface area contributed by atoms with Crippen LogP contribution in [0.25, 0.3) is 5.69 Å². The van der Waals surface area contributed by atoms with E-state index in [-0.39, 0.29) is 28.3 Å². The zero-order chi connectivity index (χ0) is 22.9. The van der Waals surface area contributed by atoms with Crippen LogP contribution < -0.4 is 16.2 Å². The fraction of sp³-hybridized carbons (Fsp3) is 0.227. The number of amides is 1. The Labute approximate surface area is 185 Å². The van der Waals surface area contributed by atoms with E-state index in [0.717, 1.165) is 54.1 Å². The second kappa shape index (κ2) is 8.70. The summed E-state index contributed by atoms with van der Waals surface area (Å²) in [5.41, 5.74) is 6.50. The molecule has 0 saturated heterocycles. The quantitative estimate of drug-likeness (QED) is 0.472. The van der Waals surface area contributed by atoms with Gasteiger partial charge in [-0.25, -0.2) is 0 Å². The Balaban J connectivity index is 1.63. The van der Waals surface area contributed by atoms with Crippen molar-refractivity contribution in [2.24, 2.45) is 0 Å². The summed E-state index contributed by atoms with van der Waals surface area (Å²) >= 11 is 0.959. The molecule has 3 aromatic rings. The molecule has 0 bridgehead atoms.